The zero-order valence-electron chi connectivity index (χ0n) is 11.0. The third kappa shape index (κ3) is 8.65. The van der Waals surface area contributed by atoms with Gasteiger partial charge in [0.05, 0.1) is 12.5 Å². The van der Waals surface area contributed by atoms with Crippen LogP contribution in [0.3, 0.4) is 0 Å². The van der Waals surface area contributed by atoms with Gasteiger partial charge in [-0.05, 0) is 20.5 Å². The van der Waals surface area contributed by atoms with Gasteiger partial charge in [-0.25, -0.2) is 0 Å². The van der Waals surface area contributed by atoms with Crippen LogP contribution in [-0.2, 0) is 9.59 Å². The number of carbonyl (C=O) groups excluding carboxylic acids is 2. The Kier molecular flexibility index (Phi) is 8.35. The van der Waals surface area contributed by atoms with Gasteiger partial charge in [-0.15, -0.1) is 0 Å². The summed E-state index contributed by atoms with van der Waals surface area (Å²) in [5.74, 6) is -0.636. The predicted molar refractivity (Wildman–Crippen MR) is 67.5 cm³/mol. The molecule has 6 nitrogen and oxygen atoms in total. The molecule has 0 radical (unpaired) electrons. The van der Waals surface area contributed by atoms with E-state index in [-0.39, 0.29) is 12.3 Å². The van der Waals surface area contributed by atoms with Crippen molar-refractivity contribution in [2.45, 2.75) is 25.8 Å². The van der Waals surface area contributed by atoms with Crippen LogP contribution >= 0.6 is 0 Å². The highest BCUT2D eigenvalue weighted by molar-refractivity contribution is 5.87. The maximum atomic E-state index is 11.4. The van der Waals surface area contributed by atoms with Crippen molar-refractivity contribution in [3.8, 4) is 0 Å². The van der Waals surface area contributed by atoms with Gasteiger partial charge in [-0.3, -0.25) is 9.59 Å². The van der Waals surface area contributed by atoms with Crippen LogP contribution in [-0.4, -0.2) is 56.5 Å². The van der Waals surface area contributed by atoms with E-state index in [2.05, 4.69) is 10.6 Å². The van der Waals surface area contributed by atoms with Crippen LogP contribution in [0.1, 0.15) is 19.8 Å². The fourth-order valence-corrected chi connectivity index (χ4v) is 1.26. The summed E-state index contributed by atoms with van der Waals surface area (Å²) in [6.45, 7) is 4.02. The van der Waals surface area contributed by atoms with Gasteiger partial charge in [0.2, 0.25) is 11.8 Å². The second-order valence-corrected chi connectivity index (χ2v) is 4.27. The molecule has 0 saturated carbocycles. The smallest absolute Gasteiger partial charge is 0.235 e. The van der Waals surface area contributed by atoms with E-state index >= 15 is 0 Å². The Morgan fingerprint density at radius 1 is 1.29 bits per heavy atom. The molecule has 0 fully saturated rings. The van der Waals surface area contributed by atoms with E-state index in [1.54, 1.807) is 0 Å². The number of carbonyl (C=O) groups is 2. The summed E-state index contributed by atoms with van der Waals surface area (Å²) < 4.78 is 0. The molecule has 6 heteroatoms. The molecule has 0 aliphatic carbocycles. The fraction of sp³-hybridized carbons (Fsp3) is 0.818. The highest BCUT2D eigenvalue weighted by Gasteiger charge is 2.18. The van der Waals surface area contributed by atoms with Crippen molar-refractivity contribution in [1.82, 2.24) is 15.5 Å². The van der Waals surface area contributed by atoms with E-state index in [4.69, 9.17) is 5.73 Å². The van der Waals surface area contributed by atoms with Gasteiger partial charge in [-0.1, -0.05) is 6.92 Å². The molecule has 1 atom stereocenters. The Labute approximate surface area is 103 Å². The lowest BCUT2D eigenvalue weighted by Crippen LogP contribution is -2.46. The summed E-state index contributed by atoms with van der Waals surface area (Å²) in [6.07, 6.45) is 0.976. The van der Waals surface area contributed by atoms with E-state index in [1.165, 1.54) is 0 Å². The van der Waals surface area contributed by atoms with Crippen molar-refractivity contribution >= 4 is 11.8 Å². The van der Waals surface area contributed by atoms with Crippen LogP contribution in [0.4, 0.5) is 0 Å². The lowest BCUT2D eigenvalue weighted by Gasteiger charge is -2.17. The molecule has 0 saturated heterocycles. The molecular weight excluding hydrogens is 220 g/mol. The summed E-state index contributed by atoms with van der Waals surface area (Å²) in [5.41, 5.74) is 5.24. The zero-order valence-corrected chi connectivity index (χ0v) is 11.0. The van der Waals surface area contributed by atoms with Crippen molar-refractivity contribution in [3.05, 3.63) is 0 Å². The molecule has 0 aliphatic heterocycles. The summed E-state index contributed by atoms with van der Waals surface area (Å²) in [5, 5.41) is 5.70. The maximum Gasteiger partial charge on any atom is 0.235 e. The van der Waals surface area contributed by atoms with Crippen LogP contribution in [0.15, 0.2) is 0 Å². The normalized spacial score (nSPS) is 12.5. The third-order valence-electron chi connectivity index (χ3n) is 2.25. The highest BCUT2D eigenvalue weighted by Crippen LogP contribution is 1.92. The molecule has 0 rings (SSSR count). The molecule has 0 aromatic rings. The van der Waals surface area contributed by atoms with E-state index < -0.39 is 11.9 Å². The number of amides is 2. The van der Waals surface area contributed by atoms with Crippen LogP contribution in [0, 0.1) is 0 Å². The largest absolute Gasteiger partial charge is 0.368 e. The molecule has 0 bridgehead atoms. The number of rotatable bonds is 9. The van der Waals surface area contributed by atoms with E-state index in [9.17, 15) is 9.59 Å². The number of primary amides is 1. The minimum Gasteiger partial charge on any atom is -0.368 e. The maximum absolute atomic E-state index is 11.4. The molecule has 0 aromatic carbocycles. The van der Waals surface area contributed by atoms with Gasteiger partial charge in [0.25, 0.3) is 0 Å². The van der Waals surface area contributed by atoms with E-state index in [0.29, 0.717) is 13.1 Å². The lowest BCUT2D eigenvalue weighted by atomic mass is 10.2. The zero-order chi connectivity index (χ0) is 13.3. The Morgan fingerprint density at radius 3 is 2.41 bits per heavy atom. The van der Waals surface area contributed by atoms with Crippen LogP contribution < -0.4 is 16.4 Å². The van der Waals surface area contributed by atoms with Gasteiger partial charge in [0.1, 0.15) is 0 Å². The number of nitrogens with two attached hydrogens (primary N) is 1. The minimum absolute atomic E-state index is 0.1000. The van der Waals surface area contributed by atoms with E-state index in [0.717, 1.165) is 13.0 Å². The summed E-state index contributed by atoms with van der Waals surface area (Å²) >= 11 is 0. The first-order valence-corrected chi connectivity index (χ1v) is 5.91. The van der Waals surface area contributed by atoms with Gasteiger partial charge in [0, 0.05) is 19.6 Å². The molecule has 100 valence electrons. The van der Waals surface area contributed by atoms with Crippen molar-refractivity contribution in [3.63, 3.8) is 0 Å². The van der Waals surface area contributed by atoms with Crippen molar-refractivity contribution in [1.29, 1.82) is 0 Å². The first kappa shape index (κ1) is 15.9. The molecule has 0 aliphatic rings. The van der Waals surface area contributed by atoms with Crippen LogP contribution in [0.25, 0.3) is 0 Å². The Bertz CT molecular complexity index is 244. The van der Waals surface area contributed by atoms with Gasteiger partial charge in [0.15, 0.2) is 0 Å². The second-order valence-electron chi connectivity index (χ2n) is 4.27. The van der Waals surface area contributed by atoms with Gasteiger partial charge >= 0.3 is 0 Å². The van der Waals surface area contributed by atoms with E-state index in [1.807, 2.05) is 25.9 Å². The molecule has 2 amide bonds. The number of hydrogen-bond donors (Lipinski definition) is 3. The standard InChI is InChI=1S/C11H24N4O2/c1-4-5-14-10(16)8-9(11(12)17)13-6-7-15(2)3/h9,13H,4-8H2,1-3H3,(H2,12,17)(H,14,16). The Hall–Kier alpha value is -1.14. The van der Waals surface area contributed by atoms with Crippen molar-refractivity contribution in [2.75, 3.05) is 33.7 Å². The molecule has 0 spiro atoms. The number of likely N-dealkylation sites (N-methyl/N-ethyl adjacent to an activating group) is 1. The SMILES string of the molecule is CCCNC(=O)CC(NCCN(C)C)C(N)=O. The first-order valence-electron chi connectivity index (χ1n) is 5.91. The lowest BCUT2D eigenvalue weighted by molar-refractivity contribution is -0.126. The van der Waals surface area contributed by atoms with Crippen LogP contribution in [0.2, 0.25) is 0 Å². The monoisotopic (exact) mass is 244 g/mol. The molecule has 0 heterocycles. The fourth-order valence-electron chi connectivity index (χ4n) is 1.26. The Balaban J connectivity index is 3.98. The highest BCUT2D eigenvalue weighted by atomic mass is 16.2. The van der Waals surface area contributed by atoms with Crippen LogP contribution in [0.5, 0.6) is 0 Å². The Morgan fingerprint density at radius 2 is 1.94 bits per heavy atom. The average Bonchev–Trinajstić information content (AvgIpc) is 2.24. The number of nitrogens with one attached hydrogen (secondary N) is 2. The van der Waals surface area contributed by atoms with Crippen molar-refractivity contribution < 1.29 is 9.59 Å². The predicted octanol–water partition coefficient (Wildman–Crippen LogP) is -1.09. The molecular formula is C11H24N4O2. The van der Waals surface area contributed by atoms with Gasteiger partial charge < -0.3 is 21.3 Å². The molecule has 0 aromatic heterocycles. The summed E-state index contributed by atoms with van der Waals surface area (Å²) in [6, 6.07) is -0.591. The molecule has 17 heavy (non-hydrogen) atoms. The van der Waals surface area contributed by atoms with Crippen molar-refractivity contribution in [2.24, 2.45) is 5.73 Å². The topological polar surface area (TPSA) is 87.5 Å². The summed E-state index contributed by atoms with van der Waals surface area (Å²) in [4.78, 5) is 24.6. The van der Waals surface area contributed by atoms with Gasteiger partial charge in [-0.2, -0.15) is 0 Å². The average molecular weight is 244 g/mol. The third-order valence-corrected chi connectivity index (χ3v) is 2.25. The molecule has 4 N–H and O–H groups in total. The number of nitrogens with zero attached hydrogens (tertiary/aromatic N) is 1. The minimum atomic E-state index is -0.591. The number of hydrogen-bond acceptors (Lipinski definition) is 4. The quantitative estimate of drug-likeness (QED) is 0.481. The molecule has 1 unspecified atom stereocenters. The summed E-state index contributed by atoms with van der Waals surface area (Å²) in [7, 11) is 3.88. The first-order chi connectivity index (χ1) is 7.97. The second kappa shape index (κ2) is 8.95.